The second-order valence-electron chi connectivity index (χ2n) is 1.71. The highest BCUT2D eigenvalue weighted by Crippen LogP contribution is 1.99. The first-order valence-corrected chi connectivity index (χ1v) is 3.82. The third kappa shape index (κ3) is 2.38. The quantitative estimate of drug-likeness (QED) is 0.495. The van der Waals surface area contributed by atoms with Crippen molar-refractivity contribution in [1.82, 2.24) is 5.32 Å². The van der Waals surface area contributed by atoms with Crippen molar-refractivity contribution in [1.29, 1.82) is 0 Å². The Kier molecular flexibility index (Phi) is 2.73. The minimum absolute atomic E-state index is 0.0750. The first-order chi connectivity index (χ1) is 4.79. The van der Waals surface area contributed by atoms with E-state index in [9.17, 15) is 4.79 Å². The van der Waals surface area contributed by atoms with Gasteiger partial charge >= 0.3 is 0 Å². The molecule has 10 heavy (non-hydrogen) atoms. The minimum Gasteiger partial charge on any atom is -0.467 e. The van der Waals surface area contributed by atoms with E-state index in [0.29, 0.717) is 6.54 Å². The maximum absolute atomic E-state index is 10.4. The maximum Gasteiger partial charge on any atom is 0.281 e. The lowest BCUT2D eigenvalue weighted by molar-refractivity contribution is 0.262. The van der Waals surface area contributed by atoms with E-state index in [-0.39, 0.29) is 3.91 Å². The monoisotopic (exact) mass is 251 g/mol. The van der Waals surface area contributed by atoms with Crippen LogP contribution in [-0.2, 0) is 6.54 Å². The first kappa shape index (κ1) is 7.59. The van der Waals surface area contributed by atoms with Crippen LogP contribution in [0.1, 0.15) is 5.76 Å². The van der Waals surface area contributed by atoms with Gasteiger partial charge in [-0.25, -0.2) is 0 Å². The van der Waals surface area contributed by atoms with Crippen LogP contribution in [0.4, 0.5) is 4.79 Å². The fourth-order valence-corrected chi connectivity index (χ4v) is 0.760. The molecule has 1 heterocycles. The number of hydrogen-bond acceptors (Lipinski definition) is 2. The summed E-state index contributed by atoms with van der Waals surface area (Å²) in [5.74, 6) is 0.769. The molecule has 3 nitrogen and oxygen atoms in total. The molecule has 0 saturated heterocycles. The standard InChI is InChI=1S/C6H6INO2/c7-6(9)8-4-5-2-1-3-10-5/h1-3H,4H2,(H,8,9). The molecule has 54 valence electrons. The zero-order valence-electron chi connectivity index (χ0n) is 5.13. The highest BCUT2D eigenvalue weighted by molar-refractivity contribution is 14.1. The molecule has 1 N–H and O–H groups in total. The Morgan fingerprint density at radius 1 is 1.80 bits per heavy atom. The normalized spacial score (nSPS) is 9.30. The highest BCUT2D eigenvalue weighted by atomic mass is 127. The summed E-state index contributed by atoms with van der Waals surface area (Å²) in [5.41, 5.74) is 0. The van der Waals surface area contributed by atoms with E-state index in [1.54, 1.807) is 34.9 Å². The van der Waals surface area contributed by atoms with Gasteiger partial charge in [-0.3, -0.25) is 4.79 Å². The van der Waals surface area contributed by atoms with Gasteiger partial charge in [-0.15, -0.1) is 0 Å². The zero-order chi connectivity index (χ0) is 7.40. The summed E-state index contributed by atoms with van der Waals surface area (Å²) in [6.07, 6.45) is 1.58. The van der Waals surface area contributed by atoms with Gasteiger partial charge in [-0.05, 0) is 12.1 Å². The smallest absolute Gasteiger partial charge is 0.281 e. The van der Waals surface area contributed by atoms with Gasteiger partial charge in [0.2, 0.25) is 0 Å². The third-order valence-corrected chi connectivity index (χ3v) is 1.36. The molecule has 0 bridgehead atoms. The van der Waals surface area contributed by atoms with Crippen LogP contribution >= 0.6 is 22.6 Å². The molecule has 1 rings (SSSR count). The lowest BCUT2D eigenvalue weighted by Crippen LogP contribution is -2.14. The van der Waals surface area contributed by atoms with Gasteiger partial charge in [0.05, 0.1) is 12.8 Å². The Morgan fingerprint density at radius 2 is 2.60 bits per heavy atom. The molecular weight excluding hydrogens is 245 g/mol. The molecule has 0 aromatic carbocycles. The lowest BCUT2D eigenvalue weighted by Gasteiger charge is -1.94. The number of carbonyl (C=O) groups is 1. The molecule has 1 amide bonds. The van der Waals surface area contributed by atoms with Crippen molar-refractivity contribution in [3.05, 3.63) is 24.2 Å². The van der Waals surface area contributed by atoms with Crippen LogP contribution < -0.4 is 5.32 Å². The zero-order valence-corrected chi connectivity index (χ0v) is 7.29. The Bertz CT molecular complexity index is 208. The van der Waals surface area contributed by atoms with Crippen LogP contribution in [0.2, 0.25) is 0 Å². The number of nitrogens with one attached hydrogen (secondary N) is 1. The van der Waals surface area contributed by atoms with Crippen LogP contribution in [-0.4, -0.2) is 3.91 Å². The molecule has 0 atom stereocenters. The van der Waals surface area contributed by atoms with Crippen LogP contribution in [0, 0.1) is 0 Å². The number of halogens is 1. The van der Waals surface area contributed by atoms with E-state index in [0.717, 1.165) is 5.76 Å². The Hall–Kier alpha value is -0.520. The molecule has 0 aliphatic rings. The topological polar surface area (TPSA) is 42.2 Å². The molecule has 0 aliphatic carbocycles. The number of rotatable bonds is 2. The van der Waals surface area contributed by atoms with Crippen LogP contribution in [0.3, 0.4) is 0 Å². The SMILES string of the molecule is O=C(I)NCc1ccco1. The van der Waals surface area contributed by atoms with Crippen LogP contribution in [0.15, 0.2) is 22.8 Å². The molecule has 0 radical (unpaired) electrons. The summed E-state index contributed by atoms with van der Waals surface area (Å²) in [5, 5.41) is 2.60. The van der Waals surface area contributed by atoms with Crippen molar-refractivity contribution in [2.24, 2.45) is 0 Å². The maximum atomic E-state index is 10.4. The van der Waals surface area contributed by atoms with Gasteiger partial charge in [0, 0.05) is 22.6 Å². The summed E-state index contributed by atoms with van der Waals surface area (Å²) in [4.78, 5) is 10.4. The van der Waals surface area contributed by atoms with Crippen molar-refractivity contribution in [3.8, 4) is 0 Å². The Morgan fingerprint density at radius 3 is 3.10 bits per heavy atom. The van der Waals surface area contributed by atoms with Crippen molar-refractivity contribution >= 4 is 26.5 Å². The average molecular weight is 251 g/mol. The summed E-state index contributed by atoms with van der Waals surface area (Å²) in [7, 11) is 0. The third-order valence-electron chi connectivity index (χ3n) is 0.982. The lowest BCUT2D eigenvalue weighted by atomic mass is 10.4. The Labute approximate surface area is 71.9 Å². The van der Waals surface area contributed by atoms with E-state index in [2.05, 4.69) is 5.32 Å². The highest BCUT2D eigenvalue weighted by Gasteiger charge is 1.95. The fraction of sp³-hybridized carbons (Fsp3) is 0.167. The molecule has 1 aromatic heterocycles. The molecular formula is C6H6INO2. The van der Waals surface area contributed by atoms with Gasteiger partial charge in [-0.1, -0.05) is 0 Å². The van der Waals surface area contributed by atoms with E-state index < -0.39 is 0 Å². The van der Waals surface area contributed by atoms with E-state index in [1.807, 2.05) is 6.07 Å². The second-order valence-corrected chi connectivity index (χ2v) is 2.69. The Balaban J connectivity index is 2.35. The van der Waals surface area contributed by atoms with Crippen molar-refractivity contribution in [3.63, 3.8) is 0 Å². The van der Waals surface area contributed by atoms with Crippen molar-refractivity contribution in [2.75, 3.05) is 0 Å². The van der Waals surface area contributed by atoms with Gasteiger partial charge < -0.3 is 9.73 Å². The molecule has 0 fully saturated rings. The van der Waals surface area contributed by atoms with E-state index >= 15 is 0 Å². The van der Waals surface area contributed by atoms with Gasteiger partial charge in [0.1, 0.15) is 5.76 Å². The summed E-state index contributed by atoms with van der Waals surface area (Å²) < 4.78 is 4.89. The largest absolute Gasteiger partial charge is 0.467 e. The second kappa shape index (κ2) is 3.60. The fourth-order valence-electron chi connectivity index (χ4n) is 0.570. The first-order valence-electron chi connectivity index (χ1n) is 2.75. The predicted octanol–water partition coefficient (Wildman–Crippen LogP) is 1.92. The number of amides is 1. The molecule has 0 spiro atoms. The van der Waals surface area contributed by atoms with Crippen LogP contribution in [0.25, 0.3) is 0 Å². The van der Waals surface area contributed by atoms with E-state index in [4.69, 9.17) is 4.42 Å². The summed E-state index contributed by atoms with van der Waals surface area (Å²) >= 11 is 1.68. The van der Waals surface area contributed by atoms with Crippen molar-refractivity contribution in [2.45, 2.75) is 6.54 Å². The number of hydrogen-bond donors (Lipinski definition) is 1. The number of carbonyl (C=O) groups excluding carboxylic acids is 1. The molecule has 0 saturated carbocycles. The summed E-state index contributed by atoms with van der Waals surface area (Å²) in [6, 6.07) is 3.60. The van der Waals surface area contributed by atoms with E-state index in [1.165, 1.54) is 0 Å². The molecule has 0 aliphatic heterocycles. The van der Waals surface area contributed by atoms with Crippen molar-refractivity contribution < 1.29 is 9.21 Å². The summed E-state index contributed by atoms with van der Waals surface area (Å²) in [6.45, 7) is 0.467. The van der Waals surface area contributed by atoms with Gasteiger partial charge in [0.15, 0.2) is 0 Å². The van der Waals surface area contributed by atoms with Gasteiger partial charge in [-0.2, -0.15) is 0 Å². The molecule has 4 heteroatoms. The number of furan rings is 1. The van der Waals surface area contributed by atoms with Crippen LogP contribution in [0.5, 0.6) is 0 Å². The molecule has 1 aromatic rings. The van der Waals surface area contributed by atoms with Gasteiger partial charge in [0.25, 0.3) is 3.91 Å². The predicted molar refractivity (Wildman–Crippen MR) is 45.0 cm³/mol. The minimum atomic E-state index is -0.0750. The molecule has 0 unspecified atom stereocenters. The average Bonchev–Trinajstić information content (AvgIpc) is 2.34.